The molecule has 2 heterocycles. The third-order valence-electron chi connectivity index (χ3n) is 9.50. The van der Waals surface area contributed by atoms with Crippen molar-refractivity contribution in [2.24, 2.45) is 0 Å². The summed E-state index contributed by atoms with van der Waals surface area (Å²) in [6.07, 6.45) is 0. The van der Waals surface area contributed by atoms with Gasteiger partial charge < -0.3 is 4.57 Å². The Balaban J connectivity index is 1.05. The van der Waals surface area contributed by atoms with Crippen LogP contribution in [0.2, 0.25) is 0 Å². The van der Waals surface area contributed by atoms with Gasteiger partial charge in [0.15, 0.2) is 0 Å². The molecule has 2 nitrogen and oxygen atoms in total. The van der Waals surface area contributed by atoms with Gasteiger partial charge in [-0.1, -0.05) is 103 Å². The highest BCUT2D eigenvalue weighted by Gasteiger charge is 2.23. The van der Waals surface area contributed by atoms with Gasteiger partial charge in [0.2, 0.25) is 0 Å². The predicted octanol–water partition coefficient (Wildman–Crippen LogP) is 11.5. The Morgan fingerprint density at radius 1 is 0.400 bits per heavy atom. The molecule has 0 N–H and O–H groups in total. The van der Waals surface area contributed by atoms with Crippen LogP contribution in [-0.4, -0.2) is 9.55 Å². The number of para-hydroxylation sites is 2. The Kier molecular flexibility index (Phi) is 5.03. The topological polar surface area (TPSA) is 17.8 Å². The third-order valence-corrected chi connectivity index (χ3v) is 9.50. The van der Waals surface area contributed by atoms with Crippen molar-refractivity contribution < 1.29 is 0 Å². The highest BCUT2D eigenvalue weighted by Crippen LogP contribution is 2.46. The summed E-state index contributed by atoms with van der Waals surface area (Å²) >= 11 is 0. The summed E-state index contributed by atoms with van der Waals surface area (Å²) in [5.41, 5.74) is 13.0. The highest BCUT2D eigenvalue weighted by molar-refractivity contribution is 6.14. The molecule has 0 amide bonds. The molecule has 2 aromatic heterocycles. The van der Waals surface area contributed by atoms with Crippen LogP contribution in [0.25, 0.3) is 93.8 Å². The molecule has 0 radical (unpaired) electrons. The molecule has 1 aliphatic rings. The van der Waals surface area contributed by atoms with Gasteiger partial charge >= 0.3 is 0 Å². The molecule has 0 unspecified atom stereocenters. The summed E-state index contributed by atoms with van der Waals surface area (Å²) in [6.45, 7) is 0. The van der Waals surface area contributed by atoms with E-state index in [0.717, 1.165) is 17.0 Å². The Morgan fingerprint density at radius 2 is 1.09 bits per heavy atom. The van der Waals surface area contributed by atoms with E-state index in [9.17, 15) is 0 Å². The van der Waals surface area contributed by atoms with Crippen molar-refractivity contribution >= 4 is 43.4 Å². The van der Waals surface area contributed by atoms with Gasteiger partial charge in [0.25, 0.3) is 0 Å². The van der Waals surface area contributed by atoms with Crippen molar-refractivity contribution in [2.75, 3.05) is 0 Å². The first-order chi connectivity index (χ1) is 22.3. The van der Waals surface area contributed by atoms with E-state index in [-0.39, 0.29) is 0 Å². The Bertz CT molecular complexity index is 2640. The van der Waals surface area contributed by atoms with Gasteiger partial charge in [-0.2, -0.15) is 0 Å². The molecule has 0 atom stereocenters. The molecule has 7 aromatic carbocycles. The normalized spacial score (nSPS) is 12.0. The molecule has 208 valence electrons. The SMILES string of the molecule is c1ccc(-n2c3ccccc3c3cc(-c4ccc5cc(-c6ccc7c(n6)-c6cccc8cccc-7c68)ccc5c4)ccc32)cc1. The van der Waals surface area contributed by atoms with E-state index in [2.05, 4.69) is 162 Å². The average Bonchev–Trinajstić information content (AvgIpc) is 3.61. The quantitative estimate of drug-likeness (QED) is 0.207. The number of hydrogen-bond acceptors (Lipinski definition) is 1. The Labute approximate surface area is 260 Å². The van der Waals surface area contributed by atoms with E-state index in [1.807, 2.05) is 0 Å². The summed E-state index contributed by atoms with van der Waals surface area (Å²) in [6, 6.07) is 57.2. The molecule has 0 fully saturated rings. The van der Waals surface area contributed by atoms with E-state index in [1.165, 1.54) is 76.9 Å². The first kappa shape index (κ1) is 24.5. The third kappa shape index (κ3) is 3.60. The number of fused-ring (bicyclic) bond motifs is 7. The zero-order valence-corrected chi connectivity index (χ0v) is 24.4. The van der Waals surface area contributed by atoms with Crippen molar-refractivity contribution in [1.82, 2.24) is 9.55 Å². The van der Waals surface area contributed by atoms with Crippen LogP contribution >= 0.6 is 0 Å². The van der Waals surface area contributed by atoms with Gasteiger partial charge in [0, 0.05) is 33.2 Å². The summed E-state index contributed by atoms with van der Waals surface area (Å²) in [5.74, 6) is 0. The lowest BCUT2D eigenvalue weighted by Gasteiger charge is -2.10. The number of nitrogens with zero attached hydrogens (tertiary/aromatic N) is 2. The second kappa shape index (κ2) is 9.25. The van der Waals surface area contributed by atoms with Gasteiger partial charge in [0.1, 0.15) is 0 Å². The van der Waals surface area contributed by atoms with E-state index in [0.29, 0.717) is 0 Å². The van der Waals surface area contributed by atoms with Crippen LogP contribution in [0.15, 0.2) is 158 Å². The minimum atomic E-state index is 1.00. The molecular formula is C43H26N2. The molecule has 0 aliphatic heterocycles. The molecular weight excluding hydrogens is 544 g/mol. The van der Waals surface area contributed by atoms with Crippen LogP contribution in [0.1, 0.15) is 0 Å². The lowest BCUT2D eigenvalue weighted by molar-refractivity contribution is 1.18. The second-order valence-corrected chi connectivity index (χ2v) is 12.0. The van der Waals surface area contributed by atoms with Crippen molar-refractivity contribution in [1.29, 1.82) is 0 Å². The smallest absolute Gasteiger partial charge is 0.0794 e. The molecule has 0 spiro atoms. The van der Waals surface area contributed by atoms with Crippen LogP contribution in [0.5, 0.6) is 0 Å². The minimum Gasteiger partial charge on any atom is -0.309 e. The van der Waals surface area contributed by atoms with E-state index < -0.39 is 0 Å². The highest BCUT2D eigenvalue weighted by atomic mass is 15.0. The van der Waals surface area contributed by atoms with Gasteiger partial charge in [-0.05, 0) is 92.8 Å². The van der Waals surface area contributed by atoms with Crippen LogP contribution in [-0.2, 0) is 0 Å². The van der Waals surface area contributed by atoms with Crippen molar-refractivity contribution in [3.05, 3.63) is 158 Å². The van der Waals surface area contributed by atoms with Gasteiger partial charge in [0.05, 0.1) is 22.4 Å². The van der Waals surface area contributed by atoms with Gasteiger partial charge in [-0.25, -0.2) is 4.98 Å². The Morgan fingerprint density at radius 3 is 1.96 bits per heavy atom. The molecule has 9 aromatic rings. The first-order valence-corrected chi connectivity index (χ1v) is 15.5. The summed E-state index contributed by atoms with van der Waals surface area (Å²) in [4.78, 5) is 5.21. The fourth-order valence-corrected chi connectivity index (χ4v) is 7.40. The maximum Gasteiger partial charge on any atom is 0.0794 e. The van der Waals surface area contributed by atoms with Crippen LogP contribution in [0, 0.1) is 0 Å². The number of rotatable bonds is 3. The standard InChI is InChI=1S/C43H26N2/c1-2-10-33(11-3-1)45-40-15-5-4-12-34(40)38-26-31(20-23-41(38)45)29-16-17-30-25-32(19-18-28(30)24-29)39-22-21-36-35-13-6-8-27-9-7-14-37(42(27)35)43(36)44-39/h1-26H. The Hall–Kier alpha value is -5.99. The van der Waals surface area contributed by atoms with Crippen LogP contribution in [0.4, 0.5) is 0 Å². The van der Waals surface area contributed by atoms with Crippen molar-refractivity contribution in [2.45, 2.75) is 0 Å². The number of hydrogen-bond donors (Lipinski definition) is 0. The predicted molar refractivity (Wildman–Crippen MR) is 189 cm³/mol. The zero-order chi connectivity index (χ0) is 29.5. The summed E-state index contributed by atoms with van der Waals surface area (Å²) in [5, 5.41) is 7.56. The molecule has 0 saturated carbocycles. The van der Waals surface area contributed by atoms with Crippen LogP contribution in [0.3, 0.4) is 0 Å². The molecule has 2 heteroatoms. The molecule has 1 aliphatic carbocycles. The molecule has 10 rings (SSSR count). The first-order valence-electron chi connectivity index (χ1n) is 15.5. The second-order valence-electron chi connectivity index (χ2n) is 12.0. The molecule has 0 saturated heterocycles. The maximum atomic E-state index is 5.21. The number of pyridine rings is 1. The minimum absolute atomic E-state index is 1.00. The van der Waals surface area contributed by atoms with E-state index in [1.54, 1.807) is 0 Å². The van der Waals surface area contributed by atoms with E-state index >= 15 is 0 Å². The molecule has 45 heavy (non-hydrogen) atoms. The zero-order valence-electron chi connectivity index (χ0n) is 24.4. The lowest BCUT2D eigenvalue weighted by atomic mass is 9.97. The van der Waals surface area contributed by atoms with Crippen LogP contribution < -0.4 is 0 Å². The number of benzene rings is 7. The lowest BCUT2D eigenvalue weighted by Crippen LogP contribution is -1.92. The molecule has 0 bridgehead atoms. The summed E-state index contributed by atoms with van der Waals surface area (Å²) in [7, 11) is 0. The largest absolute Gasteiger partial charge is 0.309 e. The van der Waals surface area contributed by atoms with Crippen molar-refractivity contribution in [3.63, 3.8) is 0 Å². The fourth-order valence-electron chi connectivity index (χ4n) is 7.40. The monoisotopic (exact) mass is 570 g/mol. The summed E-state index contributed by atoms with van der Waals surface area (Å²) < 4.78 is 2.36. The fraction of sp³-hybridized carbons (Fsp3) is 0. The van der Waals surface area contributed by atoms with Gasteiger partial charge in [-0.3, -0.25) is 0 Å². The van der Waals surface area contributed by atoms with Crippen molar-refractivity contribution in [3.8, 4) is 50.5 Å². The number of aromatic nitrogens is 2. The van der Waals surface area contributed by atoms with Gasteiger partial charge in [-0.15, -0.1) is 0 Å². The average molecular weight is 571 g/mol. The van der Waals surface area contributed by atoms with E-state index in [4.69, 9.17) is 4.98 Å². The maximum absolute atomic E-state index is 5.21.